The highest BCUT2D eigenvalue weighted by Gasteiger charge is 2.21. The molecule has 0 atom stereocenters. The minimum atomic E-state index is -0.946. The molecule has 1 amide bonds. The lowest BCUT2D eigenvalue weighted by Crippen LogP contribution is -2.39. The number of nitrogens with one attached hydrogen (secondary N) is 1. The number of halogens is 2. The van der Waals surface area contributed by atoms with E-state index in [2.05, 4.69) is 0 Å². The SMILES string of the molecule is CC(C)N(CCO)C(=O)c1cc(F)c(NN)c(F)c1. The Morgan fingerprint density at radius 1 is 1.42 bits per heavy atom. The quantitative estimate of drug-likeness (QED) is 0.554. The summed E-state index contributed by atoms with van der Waals surface area (Å²) in [5.41, 5.74) is 1.27. The van der Waals surface area contributed by atoms with E-state index in [1.54, 1.807) is 13.8 Å². The summed E-state index contributed by atoms with van der Waals surface area (Å²) < 4.78 is 27.0. The molecule has 1 rings (SSSR count). The molecular weight excluding hydrogens is 256 g/mol. The van der Waals surface area contributed by atoms with Crippen molar-refractivity contribution < 1.29 is 18.7 Å². The predicted molar refractivity (Wildman–Crippen MR) is 67.4 cm³/mol. The van der Waals surface area contributed by atoms with Gasteiger partial charge in [-0.15, -0.1) is 0 Å². The lowest BCUT2D eigenvalue weighted by molar-refractivity contribution is 0.0664. The molecule has 0 bridgehead atoms. The van der Waals surface area contributed by atoms with E-state index in [1.807, 2.05) is 5.43 Å². The van der Waals surface area contributed by atoms with Gasteiger partial charge < -0.3 is 15.4 Å². The monoisotopic (exact) mass is 273 g/mol. The zero-order valence-electron chi connectivity index (χ0n) is 10.8. The maximum absolute atomic E-state index is 13.5. The van der Waals surface area contributed by atoms with Crippen molar-refractivity contribution in [2.45, 2.75) is 19.9 Å². The van der Waals surface area contributed by atoms with Crippen LogP contribution in [0.25, 0.3) is 0 Å². The Morgan fingerprint density at radius 2 is 1.95 bits per heavy atom. The number of rotatable bonds is 5. The maximum Gasteiger partial charge on any atom is 0.254 e. The molecule has 0 aliphatic carbocycles. The van der Waals surface area contributed by atoms with Gasteiger partial charge in [-0.1, -0.05) is 0 Å². The zero-order chi connectivity index (χ0) is 14.6. The predicted octanol–water partition coefficient (Wildman–Crippen LogP) is 1.09. The molecule has 1 aromatic carbocycles. The molecule has 0 unspecified atom stereocenters. The summed E-state index contributed by atoms with van der Waals surface area (Å²) in [7, 11) is 0. The van der Waals surface area contributed by atoms with Gasteiger partial charge in [0.2, 0.25) is 0 Å². The summed E-state index contributed by atoms with van der Waals surface area (Å²) in [6.07, 6.45) is 0. The molecule has 7 heteroatoms. The van der Waals surface area contributed by atoms with E-state index in [0.29, 0.717) is 0 Å². The smallest absolute Gasteiger partial charge is 0.254 e. The molecule has 0 spiro atoms. The van der Waals surface area contributed by atoms with Crippen molar-refractivity contribution in [1.29, 1.82) is 0 Å². The number of nitrogen functional groups attached to an aromatic ring is 1. The Morgan fingerprint density at radius 3 is 2.32 bits per heavy atom. The van der Waals surface area contributed by atoms with Gasteiger partial charge in [0.1, 0.15) is 5.69 Å². The Labute approximate surface area is 110 Å². The second kappa shape index (κ2) is 6.44. The highest BCUT2D eigenvalue weighted by Crippen LogP contribution is 2.21. The van der Waals surface area contributed by atoms with Crippen molar-refractivity contribution >= 4 is 11.6 Å². The van der Waals surface area contributed by atoms with E-state index in [0.717, 1.165) is 12.1 Å². The molecular formula is C12H17F2N3O2. The number of aliphatic hydroxyl groups is 1. The lowest BCUT2D eigenvalue weighted by atomic mass is 10.1. The second-order valence-electron chi connectivity index (χ2n) is 4.28. The molecule has 5 nitrogen and oxygen atoms in total. The van der Waals surface area contributed by atoms with Crippen LogP contribution in [-0.4, -0.2) is 35.1 Å². The molecule has 0 saturated heterocycles. The molecule has 0 radical (unpaired) electrons. The Balaban J connectivity index is 3.12. The van der Waals surface area contributed by atoms with Gasteiger partial charge in [-0.2, -0.15) is 0 Å². The van der Waals surface area contributed by atoms with Crippen LogP contribution < -0.4 is 11.3 Å². The number of carbonyl (C=O) groups is 1. The molecule has 1 aromatic rings. The Hall–Kier alpha value is -1.73. The number of hydrogen-bond acceptors (Lipinski definition) is 4. The number of carbonyl (C=O) groups excluding carboxylic acids is 1. The van der Waals surface area contributed by atoms with Crippen LogP contribution in [0.1, 0.15) is 24.2 Å². The van der Waals surface area contributed by atoms with Gasteiger partial charge in [0.25, 0.3) is 5.91 Å². The van der Waals surface area contributed by atoms with E-state index in [4.69, 9.17) is 10.9 Å². The fourth-order valence-corrected chi connectivity index (χ4v) is 1.70. The van der Waals surface area contributed by atoms with E-state index in [-0.39, 0.29) is 24.8 Å². The van der Waals surface area contributed by atoms with E-state index >= 15 is 0 Å². The van der Waals surface area contributed by atoms with Crippen LogP contribution >= 0.6 is 0 Å². The standard InChI is InChI=1S/C12H17F2N3O2/c1-7(2)17(3-4-18)12(19)8-5-9(13)11(16-15)10(14)6-8/h5-7,16,18H,3-4,15H2,1-2H3. The van der Waals surface area contributed by atoms with Crippen molar-refractivity contribution in [3.8, 4) is 0 Å². The number of hydrogen-bond donors (Lipinski definition) is 3. The number of amides is 1. The van der Waals surface area contributed by atoms with E-state index < -0.39 is 23.2 Å². The largest absolute Gasteiger partial charge is 0.395 e. The van der Waals surface area contributed by atoms with E-state index in [9.17, 15) is 13.6 Å². The molecule has 4 N–H and O–H groups in total. The first-order valence-corrected chi connectivity index (χ1v) is 5.79. The van der Waals surface area contributed by atoms with Crippen LogP contribution in [0, 0.1) is 11.6 Å². The summed E-state index contributed by atoms with van der Waals surface area (Å²) in [6.45, 7) is 3.36. The van der Waals surface area contributed by atoms with Crippen molar-refractivity contribution in [3.63, 3.8) is 0 Å². The number of nitrogens with zero attached hydrogens (tertiary/aromatic N) is 1. The molecule has 106 valence electrons. The number of aliphatic hydroxyl groups excluding tert-OH is 1. The van der Waals surface area contributed by atoms with Crippen LogP contribution in [0.3, 0.4) is 0 Å². The molecule has 0 aliphatic rings. The first-order valence-electron chi connectivity index (χ1n) is 5.79. The van der Waals surface area contributed by atoms with Crippen LogP contribution in [0.2, 0.25) is 0 Å². The van der Waals surface area contributed by atoms with Gasteiger partial charge in [-0.3, -0.25) is 10.6 Å². The van der Waals surface area contributed by atoms with E-state index in [1.165, 1.54) is 4.90 Å². The van der Waals surface area contributed by atoms with Gasteiger partial charge in [0.05, 0.1) is 6.61 Å². The van der Waals surface area contributed by atoms with Gasteiger partial charge in [0.15, 0.2) is 11.6 Å². The Bertz CT molecular complexity index is 443. The zero-order valence-corrected chi connectivity index (χ0v) is 10.8. The first-order chi connectivity index (χ1) is 8.92. The van der Waals surface area contributed by atoms with Gasteiger partial charge in [-0.25, -0.2) is 8.78 Å². The third-order valence-corrected chi connectivity index (χ3v) is 2.66. The van der Waals surface area contributed by atoms with Crippen molar-refractivity contribution in [3.05, 3.63) is 29.3 Å². The molecule has 19 heavy (non-hydrogen) atoms. The molecule has 0 aromatic heterocycles. The lowest BCUT2D eigenvalue weighted by Gasteiger charge is -2.26. The first kappa shape index (κ1) is 15.3. The highest BCUT2D eigenvalue weighted by molar-refractivity contribution is 5.94. The third kappa shape index (κ3) is 3.39. The molecule has 0 fully saturated rings. The van der Waals surface area contributed by atoms with Crippen LogP contribution in [0.5, 0.6) is 0 Å². The van der Waals surface area contributed by atoms with Gasteiger partial charge in [0, 0.05) is 18.2 Å². The highest BCUT2D eigenvalue weighted by atomic mass is 19.1. The van der Waals surface area contributed by atoms with Gasteiger partial charge >= 0.3 is 0 Å². The fourth-order valence-electron chi connectivity index (χ4n) is 1.70. The average Bonchev–Trinajstić information content (AvgIpc) is 2.34. The van der Waals surface area contributed by atoms with Gasteiger partial charge in [-0.05, 0) is 26.0 Å². The third-order valence-electron chi connectivity index (χ3n) is 2.66. The van der Waals surface area contributed by atoms with Crippen LogP contribution in [-0.2, 0) is 0 Å². The topological polar surface area (TPSA) is 78.6 Å². The molecule has 0 aliphatic heterocycles. The molecule has 0 heterocycles. The number of nitrogens with two attached hydrogens (primary N) is 1. The van der Waals surface area contributed by atoms with Crippen molar-refractivity contribution in [2.24, 2.45) is 5.84 Å². The number of hydrazine groups is 1. The van der Waals surface area contributed by atoms with Crippen molar-refractivity contribution in [1.82, 2.24) is 4.90 Å². The molecule has 0 saturated carbocycles. The Kier molecular flexibility index (Phi) is 5.20. The fraction of sp³-hybridized carbons (Fsp3) is 0.417. The van der Waals surface area contributed by atoms with Crippen molar-refractivity contribution in [2.75, 3.05) is 18.6 Å². The summed E-state index contributed by atoms with van der Waals surface area (Å²) in [4.78, 5) is 13.4. The minimum Gasteiger partial charge on any atom is -0.395 e. The average molecular weight is 273 g/mol. The maximum atomic E-state index is 13.5. The minimum absolute atomic E-state index is 0.0939. The van der Waals surface area contributed by atoms with Crippen LogP contribution in [0.15, 0.2) is 12.1 Å². The summed E-state index contributed by atoms with van der Waals surface area (Å²) >= 11 is 0. The summed E-state index contributed by atoms with van der Waals surface area (Å²) in [6, 6.07) is 1.62. The number of benzene rings is 1. The number of anilines is 1. The normalized spacial score (nSPS) is 10.7. The summed E-state index contributed by atoms with van der Waals surface area (Å²) in [5, 5.41) is 8.90. The summed E-state index contributed by atoms with van der Waals surface area (Å²) in [5.74, 6) is 2.53. The second-order valence-corrected chi connectivity index (χ2v) is 4.28. The van der Waals surface area contributed by atoms with Crippen LogP contribution in [0.4, 0.5) is 14.5 Å².